The number of nitrogens with zero attached hydrogens (tertiary/aromatic N) is 2. The molecule has 1 spiro atoms. The van der Waals surface area contributed by atoms with Crippen molar-refractivity contribution < 1.29 is 27.1 Å². The minimum atomic E-state index is -1.42. The van der Waals surface area contributed by atoms with Gasteiger partial charge in [-0.2, -0.15) is 5.10 Å². The lowest BCUT2D eigenvalue weighted by molar-refractivity contribution is -0.134. The molecule has 2 aromatic carbocycles. The minimum Gasteiger partial charge on any atom is -0.490 e. The monoisotopic (exact) mass is 439 g/mol. The standard InChI is InChI=1S/C20H17F4N3O2S/c1-10(28)27-20(30-19(26-27)14-6-12(21)2-3-16(14)23)11(4-5-25)9-29-18-15(20)7-13(22)8-17(18)24/h2-3,6-8,11H,4-5,9,25H2,1H3/t11-,20-/m0/s1. The Bertz CT molecular complexity index is 1060. The number of carbonyl (C=O) groups is 1. The van der Waals surface area contributed by atoms with E-state index in [1.165, 1.54) is 6.92 Å². The maximum absolute atomic E-state index is 14.5. The Kier molecular flexibility index (Phi) is 5.23. The fourth-order valence-electron chi connectivity index (χ4n) is 3.85. The Morgan fingerprint density at radius 1 is 1.23 bits per heavy atom. The van der Waals surface area contributed by atoms with E-state index in [-0.39, 0.29) is 35.1 Å². The summed E-state index contributed by atoms with van der Waals surface area (Å²) in [5, 5.41) is 5.33. The summed E-state index contributed by atoms with van der Waals surface area (Å²) in [6.07, 6.45) is 0.336. The largest absolute Gasteiger partial charge is 0.490 e. The summed E-state index contributed by atoms with van der Waals surface area (Å²) in [6.45, 7) is 1.43. The summed E-state index contributed by atoms with van der Waals surface area (Å²) >= 11 is 0.934. The number of fused-ring (bicyclic) bond motifs is 2. The van der Waals surface area contributed by atoms with E-state index in [0.29, 0.717) is 12.5 Å². The van der Waals surface area contributed by atoms with Gasteiger partial charge in [0.2, 0.25) is 5.91 Å². The summed E-state index contributed by atoms with van der Waals surface area (Å²) in [5.74, 6) is -4.47. The first-order valence-corrected chi connectivity index (χ1v) is 9.95. The normalized spacial score (nSPS) is 22.7. The highest BCUT2D eigenvalue weighted by molar-refractivity contribution is 8.15. The molecule has 4 rings (SSSR count). The average Bonchev–Trinajstić information content (AvgIpc) is 3.08. The molecule has 2 heterocycles. The lowest BCUT2D eigenvalue weighted by atomic mass is 9.86. The molecule has 0 aromatic heterocycles. The van der Waals surface area contributed by atoms with Gasteiger partial charge in [-0.1, -0.05) is 11.8 Å². The van der Waals surface area contributed by atoms with E-state index in [2.05, 4.69) is 5.10 Å². The van der Waals surface area contributed by atoms with Gasteiger partial charge in [-0.15, -0.1) is 0 Å². The number of thioether (sulfide) groups is 1. The molecule has 0 saturated heterocycles. The number of carbonyl (C=O) groups excluding carboxylic acids is 1. The van der Waals surface area contributed by atoms with Crippen LogP contribution < -0.4 is 10.5 Å². The number of rotatable bonds is 3. The van der Waals surface area contributed by atoms with E-state index in [1.54, 1.807) is 0 Å². The third-order valence-corrected chi connectivity index (χ3v) is 6.64. The molecule has 5 nitrogen and oxygen atoms in total. The summed E-state index contributed by atoms with van der Waals surface area (Å²) in [4.78, 5) is 11.1. The van der Waals surface area contributed by atoms with E-state index in [4.69, 9.17) is 10.5 Å². The van der Waals surface area contributed by atoms with Gasteiger partial charge in [0.25, 0.3) is 0 Å². The maximum Gasteiger partial charge on any atom is 0.241 e. The molecule has 0 radical (unpaired) electrons. The van der Waals surface area contributed by atoms with Crippen LogP contribution >= 0.6 is 11.8 Å². The topological polar surface area (TPSA) is 67.9 Å². The molecule has 2 N–H and O–H groups in total. The molecule has 0 bridgehead atoms. The second-order valence-corrected chi connectivity index (χ2v) is 8.22. The Morgan fingerprint density at radius 2 is 2.00 bits per heavy atom. The molecular weight excluding hydrogens is 422 g/mol. The van der Waals surface area contributed by atoms with E-state index in [0.717, 1.165) is 41.0 Å². The van der Waals surface area contributed by atoms with Crippen molar-refractivity contribution in [2.45, 2.75) is 18.2 Å². The Balaban J connectivity index is 1.94. The molecule has 0 fully saturated rings. The van der Waals surface area contributed by atoms with Gasteiger partial charge in [-0.25, -0.2) is 22.6 Å². The number of benzene rings is 2. The molecule has 30 heavy (non-hydrogen) atoms. The number of hydrazone groups is 1. The summed E-state index contributed by atoms with van der Waals surface area (Å²) in [5.41, 5.74) is 5.64. The Morgan fingerprint density at radius 3 is 2.70 bits per heavy atom. The maximum atomic E-state index is 14.5. The van der Waals surface area contributed by atoms with Gasteiger partial charge in [0.05, 0.1) is 6.61 Å². The van der Waals surface area contributed by atoms with Gasteiger partial charge in [0.15, 0.2) is 16.4 Å². The smallest absolute Gasteiger partial charge is 0.241 e. The molecule has 0 aliphatic carbocycles. The number of hydrogen-bond donors (Lipinski definition) is 1. The van der Waals surface area contributed by atoms with Gasteiger partial charge in [-0.05, 0) is 37.2 Å². The molecule has 2 atom stereocenters. The molecule has 10 heteroatoms. The van der Waals surface area contributed by atoms with Crippen LogP contribution in [0.4, 0.5) is 17.6 Å². The minimum absolute atomic E-state index is 0.0155. The zero-order chi connectivity index (χ0) is 21.6. The molecule has 2 aliphatic rings. The molecule has 158 valence electrons. The molecule has 2 aliphatic heterocycles. The highest BCUT2D eigenvalue weighted by Crippen LogP contribution is 2.58. The number of nitrogens with two attached hydrogens (primary N) is 1. The first-order chi connectivity index (χ1) is 14.3. The van der Waals surface area contributed by atoms with Crippen molar-refractivity contribution >= 4 is 22.7 Å². The van der Waals surface area contributed by atoms with Gasteiger partial charge in [0, 0.05) is 30.0 Å². The number of ether oxygens (including phenoxy) is 1. The van der Waals surface area contributed by atoms with Crippen LogP contribution in [-0.4, -0.2) is 29.1 Å². The zero-order valence-corrected chi connectivity index (χ0v) is 16.6. The van der Waals surface area contributed by atoms with Gasteiger partial charge < -0.3 is 10.5 Å². The summed E-state index contributed by atoms with van der Waals surface area (Å²) in [7, 11) is 0. The van der Waals surface area contributed by atoms with Crippen molar-refractivity contribution in [1.82, 2.24) is 5.01 Å². The van der Waals surface area contributed by atoms with Gasteiger partial charge in [0.1, 0.15) is 22.5 Å². The van der Waals surface area contributed by atoms with Gasteiger partial charge >= 0.3 is 0 Å². The summed E-state index contributed by atoms with van der Waals surface area (Å²) < 4.78 is 62.5. The fourth-order valence-corrected chi connectivity index (χ4v) is 5.40. The molecular formula is C20H17F4N3O2S. The van der Waals surface area contributed by atoms with Crippen LogP contribution in [0.1, 0.15) is 24.5 Å². The lowest BCUT2D eigenvalue weighted by Gasteiger charge is -2.45. The third kappa shape index (κ3) is 3.14. The van der Waals surface area contributed by atoms with Crippen LogP contribution in [-0.2, 0) is 9.67 Å². The van der Waals surface area contributed by atoms with Crippen molar-refractivity contribution in [3.63, 3.8) is 0 Å². The number of amides is 1. The average molecular weight is 439 g/mol. The SMILES string of the molecule is CC(=O)N1N=C(c2cc(F)ccc2F)S[C@@]12c1cc(F)cc(F)c1OC[C@@H]2CCN. The van der Waals surface area contributed by atoms with Crippen LogP contribution in [0.25, 0.3) is 0 Å². The van der Waals surface area contributed by atoms with Crippen molar-refractivity contribution in [3.8, 4) is 5.75 Å². The van der Waals surface area contributed by atoms with Crippen molar-refractivity contribution in [2.75, 3.05) is 13.2 Å². The molecule has 2 aromatic rings. The van der Waals surface area contributed by atoms with E-state index in [9.17, 15) is 22.4 Å². The predicted octanol–water partition coefficient (Wildman–Crippen LogP) is 3.71. The second kappa shape index (κ2) is 7.59. The van der Waals surface area contributed by atoms with Gasteiger partial charge in [-0.3, -0.25) is 4.79 Å². The van der Waals surface area contributed by atoms with Crippen molar-refractivity contribution in [1.29, 1.82) is 0 Å². The number of hydrogen-bond acceptors (Lipinski definition) is 5. The van der Waals surface area contributed by atoms with Crippen LogP contribution in [0.5, 0.6) is 5.75 Å². The Hall–Kier alpha value is -2.59. The quantitative estimate of drug-likeness (QED) is 0.741. The van der Waals surface area contributed by atoms with Crippen LogP contribution in [0.3, 0.4) is 0 Å². The first kappa shape index (κ1) is 20.7. The Labute approximate surface area is 173 Å². The van der Waals surface area contributed by atoms with Crippen molar-refractivity contribution in [3.05, 3.63) is 64.7 Å². The molecule has 1 amide bonds. The number of halogens is 4. The second-order valence-electron chi connectivity index (χ2n) is 7.01. The third-order valence-electron chi connectivity index (χ3n) is 5.11. The van der Waals surface area contributed by atoms with Crippen LogP contribution in [0.2, 0.25) is 0 Å². The van der Waals surface area contributed by atoms with Crippen LogP contribution in [0, 0.1) is 29.2 Å². The fraction of sp³-hybridized carbons (Fsp3) is 0.300. The van der Waals surface area contributed by atoms with E-state index >= 15 is 0 Å². The zero-order valence-electron chi connectivity index (χ0n) is 15.8. The predicted molar refractivity (Wildman–Crippen MR) is 104 cm³/mol. The van der Waals surface area contributed by atoms with E-state index in [1.807, 2.05) is 0 Å². The molecule has 0 unspecified atom stereocenters. The molecule has 0 saturated carbocycles. The lowest BCUT2D eigenvalue weighted by Crippen LogP contribution is -2.51. The van der Waals surface area contributed by atoms with Crippen LogP contribution in [0.15, 0.2) is 35.4 Å². The van der Waals surface area contributed by atoms with E-state index < -0.39 is 40.0 Å². The van der Waals surface area contributed by atoms with Crippen molar-refractivity contribution in [2.24, 2.45) is 16.8 Å². The summed E-state index contributed by atoms with van der Waals surface area (Å²) in [6, 6.07) is 4.63. The highest BCUT2D eigenvalue weighted by Gasteiger charge is 2.57. The highest BCUT2D eigenvalue weighted by atomic mass is 32.2. The first-order valence-electron chi connectivity index (χ1n) is 9.14.